The van der Waals surface area contributed by atoms with E-state index in [9.17, 15) is 21.7 Å². The van der Waals surface area contributed by atoms with Gasteiger partial charge in [-0.1, -0.05) is 12.1 Å². The van der Waals surface area contributed by atoms with E-state index in [1.807, 2.05) is 0 Å². The second-order valence-corrected chi connectivity index (χ2v) is 5.68. The molecule has 1 N–H and O–H groups in total. The molecule has 20 heavy (non-hydrogen) atoms. The molecule has 2 rings (SSSR count). The summed E-state index contributed by atoms with van der Waals surface area (Å²) in [5.74, 6) is 0. The van der Waals surface area contributed by atoms with Crippen molar-refractivity contribution in [3.8, 4) is 0 Å². The van der Waals surface area contributed by atoms with Gasteiger partial charge in [0.25, 0.3) is 0 Å². The monoisotopic (exact) mass is 301 g/mol. The summed E-state index contributed by atoms with van der Waals surface area (Å²) in [6, 6.07) is 8.07. The van der Waals surface area contributed by atoms with Crippen molar-refractivity contribution in [1.82, 2.24) is 0 Å². The zero-order valence-corrected chi connectivity index (χ0v) is 12.4. The van der Waals surface area contributed by atoms with Crippen molar-refractivity contribution in [2.75, 3.05) is 0 Å². The fourth-order valence-electron chi connectivity index (χ4n) is 1.46. The normalized spacial score (nSPS) is 11.7. The van der Waals surface area contributed by atoms with Crippen LogP contribution < -0.4 is 37.7 Å². The number of hydrogen-bond donors (Lipinski definition) is 0. The van der Waals surface area contributed by atoms with Crippen LogP contribution in [0.25, 0.3) is 10.8 Å². The van der Waals surface area contributed by atoms with Crippen molar-refractivity contribution in [2.24, 2.45) is 0 Å². The van der Waals surface area contributed by atoms with Gasteiger partial charge in [0.2, 0.25) is 0 Å². The van der Waals surface area contributed by atoms with E-state index in [2.05, 4.69) is 0 Å². The summed E-state index contributed by atoms with van der Waals surface area (Å²) in [4.78, 5) is -0.336. The molecule has 0 bridgehead atoms. The molecule has 0 aliphatic rings. The molecule has 6 nitrogen and oxygen atoms in total. The van der Waals surface area contributed by atoms with Gasteiger partial charge in [-0.05, 0) is 46.1 Å². The van der Waals surface area contributed by atoms with Crippen molar-refractivity contribution in [3.63, 3.8) is 0 Å². The summed E-state index contributed by atoms with van der Waals surface area (Å²) >= 11 is -2.39. The van der Waals surface area contributed by atoms with Gasteiger partial charge in [-0.2, -0.15) is 0 Å². The SMILES string of the molecule is O=S([O-])c1ccc2ccc(S(=O)(=O)[O-])cc2c1.[Li+].[Li+].[OH-]. The Morgan fingerprint density at radius 2 is 1.50 bits per heavy atom. The first kappa shape index (κ1) is 22.2. The van der Waals surface area contributed by atoms with E-state index < -0.39 is 21.2 Å². The summed E-state index contributed by atoms with van der Waals surface area (Å²) < 4.78 is 53.9. The van der Waals surface area contributed by atoms with Crippen LogP contribution in [0.2, 0.25) is 0 Å². The Bertz CT molecular complexity index is 717. The topological polar surface area (TPSA) is 127 Å². The van der Waals surface area contributed by atoms with E-state index in [1.54, 1.807) is 6.07 Å². The maximum absolute atomic E-state index is 10.8. The van der Waals surface area contributed by atoms with Crippen LogP contribution in [0.4, 0.5) is 0 Å². The van der Waals surface area contributed by atoms with E-state index in [0.717, 1.165) is 6.07 Å². The summed E-state index contributed by atoms with van der Waals surface area (Å²) in [5.41, 5.74) is 0. The van der Waals surface area contributed by atoms with Crippen molar-refractivity contribution in [1.29, 1.82) is 0 Å². The fourth-order valence-corrected chi connectivity index (χ4v) is 2.37. The smallest absolute Gasteiger partial charge is 0.870 e. The predicted octanol–water partition coefficient (Wildman–Crippen LogP) is -5.19. The molecule has 0 aromatic heterocycles. The molecule has 1 atom stereocenters. The largest absolute Gasteiger partial charge is 1.00 e. The maximum atomic E-state index is 10.8. The molecule has 0 radical (unpaired) electrons. The molecular weight excluding hydrogens is 294 g/mol. The van der Waals surface area contributed by atoms with Gasteiger partial charge in [0.05, 0.1) is 4.90 Å². The van der Waals surface area contributed by atoms with Gasteiger partial charge < -0.3 is 14.6 Å². The Balaban J connectivity index is 0. The van der Waals surface area contributed by atoms with Gasteiger partial charge in [-0.25, -0.2) is 8.42 Å². The number of fused-ring (bicyclic) bond motifs is 1. The van der Waals surface area contributed by atoms with Gasteiger partial charge in [0.15, 0.2) is 0 Å². The van der Waals surface area contributed by atoms with Crippen LogP contribution in [0.5, 0.6) is 0 Å². The molecule has 1 unspecified atom stereocenters. The minimum atomic E-state index is -4.53. The number of rotatable bonds is 2. The minimum Gasteiger partial charge on any atom is -0.870 e. The van der Waals surface area contributed by atoms with Gasteiger partial charge in [0.1, 0.15) is 10.1 Å². The first-order chi connectivity index (χ1) is 7.88. The van der Waals surface area contributed by atoms with Crippen LogP contribution in [-0.4, -0.2) is 27.2 Å². The van der Waals surface area contributed by atoms with Crippen LogP contribution in [0.1, 0.15) is 0 Å². The molecule has 0 aliphatic heterocycles. The first-order valence-electron chi connectivity index (χ1n) is 4.47. The van der Waals surface area contributed by atoms with Crippen molar-refractivity contribution in [2.45, 2.75) is 9.79 Å². The summed E-state index contributed by atoms with van der Waals surface area (Å²) in [7, 11) is -4.53. The zero-order chi connectivity index (χ0) is 12.6. The molecule has 2 aromatic carbocycles. The minimum absolute atomic E-state index is 0. The molecule has 0 aliphatic carbocycles. The van der Waals surface area contributed by atoms with E-state index in [1.165, 1.54) is 24.3 Å². The molecule has 2 aromatic rings. The summed E-state index contributed by atoms with van der Waals surface area (Å²) in [5, 5.41) is 1.05. The van der Waals surface area contributed by atoms with Gasteiger partial charge in [0, 0.05) is 4.90 Å². The second kappa shape index (κ2) is 8.35. The average Bonchev–Trinajstić information content (AvgIpc) is 2.26. The van der Waals surface area contributed by atoms with E-state index >= 15 is 0 Å². The van der Waals surface area contributed by atoms with Gasteiger partial charge in [-0.3, -0.25) is 4.21 Å². The molecule has 0 saturated carbocycles. The number of benzene rings is 2. The Morgan fingerprint density at radius 3 is 2.00 bits per heavy atom. The van der Waals surface area contributed by atoms with Gasteiger partial charge in [-0.15, -0.1) is 0 Å². The molecular formula is C10H7Li2O6S2-. The Kier molecular flexibility index (Phi) is 9.25. The molecule has 0 saturated heterocycles. The third-order valence-electron chi connectivity index (χ3n) is 2.26. The molecule has 0 amide bonds. The Morgan fingerprint density at radius 1 is 0.950 bits per heavy atom. The Labute approximate surface area is 142 Å². The Hall–Kier alpha value is -0.125. The third-order valence-corrected chi connectivity index (χ3v) is 3.73. The van der Waals surface area contributed by atoms with Crippen LogP contribution in [0, 0.1) is 0 Å². The zero-order valence-electron chi connectivity index (χ0n) is 10.8. The first-order valence-corrected chi connectivity index (χ1v) is 6.95. The molecule has 0 spiro atoms. The standard InChI is InChI=1S/C10H8O5S2.2Li.H2O/c11-16(12)9-3-1-7-2-4-10(17(13,14)15)6-8(7)5-9;;;/h1-6H,(H,11,12)(H,13,14,15);;;1H2/q;2*+1;/p-3. The second-order valence-electron chi connectivity index (χ2n) is 3.36. The average molecular weight is 301 g/mol. The van der Waals surface area contributed by atoms with Gasteiger partial charge >= 0.3 is 37.7 Å². The molecule has 0 fully saturated rings. The summed E-state index contributed by atoms with van der Waals surface area (Å²) in [6.45, 7) is 0. The molecule has 0 heterocycles. The molecule has 98 valence electrons. The van der Waals surface area contributed by atoms with Crippen LogP contribution in [0.15, 0.2) is 46.2 Å². The fraction of sp³-hybridized carbons (Fsp3) is 0. The van der Waals surface area contributed by atoms with E-state index in [4.69, 9.17) is 0 Å². The van der Waals surface area contributed by atoms with Crippen LogP contribution in [0.3, 0.4) is 0 Å². The quantitative estimate of drug-likeness (QED) is 0.310. The van der Waals surface area contributed by atoms with Crippen molar-refractivity contribution in [3.05, 3.63) is 36.4 Å². The van der Waals surface area contributed by atoms with E-state index in [-0.39, 0.29) is 53.0 Å². The number of hydrogen-bond acceptors (Lipinski definition) is 6. The molecule has 10 heteroatoms. The maximum Gasteiger partial charge on any atom is 1.00 e. The van der Waals surface area contributed by atoms with Crippen LogP contribution in [-0.2, 0) is 21.2 Å². The van der Waals surface area contributed by atoms with Crippen LogP contribution >= 0.6 is 0 Å². The predicted molar refractivity (Wildman–Crippen MR) is 61.0 cm³/mol. The van der Waals surface area contributed by atoms with Crippen molar-refractivity contribution >= 4 is 32.0 Å². The van der Waals surface area contributed by atoms with Crippen molar-refractivity contribution < 1.29 is 64.9 Å². The van der Waals surface area contributed by atoms with E-state index in [0.29, 0.717) is 10.8 Å². The summed E-state index contributed by atoms with van der Waals surface area (Å²) in [6.07, 6.45) is 0. The third kappa shape index (κ3) is 5.01.